The molecular weight excluding hydrogens is 623 g/mol. The largest absolute Gasteiger partial charge is 0.510 e. The number of halogens is 2. The number of ether oxygens (including phenoxy) is 6. The van der Waals surface area contributed by atoms with E-state index < -0.39 is 76.4 Å². The van der Waals surface area contributed by atoms with E-state index in [0.29, 0.717) is 0 Å². The molecule has 0 aliphatic carbocycles. The molecule has 1 aliphatic heterocycles. The molecule has 1 fully saturated rings. The third kappa shape index (κ3) is 8.39. The van der Waals surface area contributed by atoms with Gasteiger partial charge in [-0.3, -0.25) is 9.09 Å². The fraction of sp³-hybridized carbons (Fsp3) is 0.696. The Bertz CT molecular complexity index is 1330. The summed E-state index contributed by atoms with van der Waals surface area (Å²) < 4.78 is 90.1. The highest BCUT2D eigenvalue weighted by Gasteiger charge is 2.65. The number of fused-ring (bicyclic) bond motifs is 1. The number of aliphatic hydroxyl groups is 1. The van der Waals surface area contributed by atoms with Crippen LogP contribution in [0.3, 0.4) is 0 Å². The SMILES string of the molecule is CCOc1nc(N)nc2c1ncn2[C@@H]1O[C@](F)(COP(=O)(OCOC(=O)OC(C)C)OCOC(=O)OC(C)C)[C@@H](O)[C@@]1(C)F. The third-order valence-corrected chi connectivity index (χ3v) is 6.82. The fourth-order valence-electron chi connectivity index (χ4n) is 3.69. The number of nitrogens with two attached hydrogens (primary N) is 1. The van der Waals surface area contributed by atoms with Crippen LogP contribution in [0.1, 0.15) is 47.8 Å². The molecule has 21 heteroatoms. The highest BCUT2D eigenvalue weighted by molar-refractivity contribution is 7.48. The van der Waals surface area contributed by atoms with Crippen molar-refractivity contribution in [3.63, 3.8) is 0 Å². The summed E-state index contributed by atoms with van der Waals surface area (Å²) in [4.78, 5) is 35.2. The second-order valence-electron chi connectivity index (χ2n) is 9.79. The van der Waals surface area contributed by atoms with Crippen molar-refractivity contribution in [2.24, 2.45) is 0 Å². The van der Waals surface area contributed by atoms with Gasteiger partial charge in [-0.1, -0.05) is 0 Å². The average molecular weight is 658 g/mol. The minimum atomic E-state index is -5.00. The Labute approximate surface area is 249 Å². The van der Waals surface area contributed by atoms with Gasteiger partial charge in [-0.05, 0) is 41.5 Å². The van der Waals surface area contributed by atoms with Crippen molar-refractivity contribution in [2.75, 3.05) is 32.5 Å². The minimum Gasteiger partial charge on any atom is -0.476 e. The Morgan fingerprint density at radius 3 is 2.18 bits per heavy atom. The number of rotatable bonds is 14. The lowest BCUT2D eigenvalue weighted by Crippen LogP contribution is -2.46. The van der Waals surface area contributed by atoms with Gasteiger partial charge in [-0.15, -0.1) is 0 Å². The van der Waals surface area contributed by atoms with E-state index in [0.717, 1.165) is 17.8 Å². The van der Waals surface area contributed by atoms with E-state index in [1.165, 1.54) is 27.7 Å². The Morgan fingerprint density at radius 2 is 1.66 bits per heavy atom. The van der Waals surface area contributed by atoms with Crippen molar-refractivity contribution in [3.05, 3.63) is 6.33 Å². The number of nitrogens with zero attached hydrogens (tertiary/aromatic N) is 4. The molecule has 0 saturated carbocycles. The van der Waals surface area contributed by atoms with E-state index in [4.69, 9.17) is 38.3 Å². The van der Waals surface area contributed by atoms with Gasteiger partial charge in [0, 0.05) is 0 Å². The number of aromatic nitrogens is 4. The van der Waals surface area contributed by atoms with Gasteiger partial charge >= 0.3 is 20.1 Å². The Kier molecular flexibility index (Phi) is 11.3. The molecule has 0 aromatic carbocycles. The molecule has 0 unspecified atom stereocenters. The van der Waals surface area contributed by atoms with Gasteiger partial charge in [0.15, 0.2) is 29.2 Å². The van der Waals surface area contributed by atoms with Gasteiger partial charge in [0.1, 0.15) is 6.61 Å². The lowest BCUT2D eigenvalue weighted by atomic mass is 9.97. The highest BCUT2D eigenvalue weighted by atomic mass is 31.2. The highest BCUT2D eigenvalue weighted by Crippen LogP contribution is 2.54. The molecular formula is C23H34F2N5O13P. The Balaban J connectivity index is 1.80. The molecule has 3 N–H and O–H groups in total. The standard InChI is InChI=1S/C23H34F2N5O13P/c1-7-35-16-14-15(28-19(26)29-16)30(9-27-14)18-22(6,24)17(31)23(25,43-18)8-38-44(34,39-10-36-20(32)41-12(2)3)40-11-37-21(33)42-13(4)5/h9,12-13,17-18,31H,7-8,10-11H2,1-6H3,(H2,26,28,29)/t17-,18+,22+,23+/m0/s1. The summed E-state index contributed by atoms with van der Waals surface area (Å²) in [6.07, 6.45) is -7.03. The third-order valence-electron chi connectivity index (χ3n) is 5.53. The molecule has 4 atom stereocenters. The van der Waals surface area contributed by atoms with Crippen molar-refractivity contribution in [1.82, 2.24) is 19.5 Å². The number of imidazole rings is 1. The first-order chi connectivity index (χ1) is 20.5. The predicted octanol–water partition coefficient (Wildman–Crippen LogP) is 3.29. The first kappa shape index (κ1) is 35.1. The van der Waals surface area contributed by atoms with Crippen molar-refractivity contribution in [2.45, 2.75) is 77.6 Å². The normalized spacial score (nSPS) is 23.7. The second kappa shape index (κ2) is 14.1. The summed E-state index contributed by atoms with van der Waals surface area (Å²) in [5, 5.41) is 10.7. The Hall–Kier alpha value is -3.42. The molecule has 0 amide bonds. The van der Waals surface area contributed by atoms with Crippen LogP contribution < -0.4 is 10.5 Å². The number of phosphoric acid groups is 1. The monoisotopic (exact) mass is 657 g/mol. The number of phosphoric ester groups is 1. The van der Waals surface area contributed by atoms with Gasteiger partial charge in [-0.2, -0.15) is 9.97 Å². The van der Waals surface area contributed by atoms with Gasteiger partial charge in [0.25, 0.3) is 5.85 Å². The quantitative estimate of drug-likeness (QED) is 0.169. The lowest BCUT2D eigenvalue weighted by molar-refractivity contribution is -0.205. The molecule has 18 nitrogen and oxygen atoms in total. The molecule has 3 heterocycles. The molecule has 44 heavy (non-hydrogen) atoms. The maximum atomic E-state index is 16.0. The number of carbonyl (C=O) groups is 2. The smallest absolute Gasteiger partial charge is 0.476 e. The summed E-state index contributed by atoms with van der Waals surface area (Å²) in [6, 6.07) is 0. The van der Waals surface area contributed by atoms with Crippen molar-refractivity contribution < 1.29 is 70.0 Å². The van der Waals surface area contributed by atoms with E-state index in [1.807, 2.05) is 0 Å². The van der Waals surface area contributed by atoms with Gasteiger partial charge in [0.2, 0.25) is 25.4 Å². The van der Waals surface area contributed by atoms with Crippen LogP contribution in [0.5, 0.6) is 5.88 Å². The number of carbonyl (C=O) groups excluding carboxylic acids is 2. The minimum absolute atomic E-state index is 0.0306. The summed E-state index contributed by atoms with van der Waals surface area (Å²) in [6.45, 7) is 5.12. The molecule has 2 aromatic rings. The van der Waals surface area contributed by atoms with E-state index in [9.17, 15) is 19.3 Å². The maximum Gasteiger partial charge on any atom is 0.510 e. The van der Waals surface area contributed by atoms with Crippen molar-refractivity contribution in [1.29, 1.82) is 0 Å². The second-order valence-corrected chi connectivity index (χ2v) is 11.5. The molecule has 0 spiro atoms. The number of aliphatic hydroxyl groups excluding tert-OH is 1. The first-order valence-electron chi connectivity index (χ1n) is 13.1. The molecule has 1 aliphatic rings. The number of anilines is 1. The molecule has 3 rings (SSSR count). The van der Waals surface area contributed by atoms with Crippen molar-refractivity contribution >= 4 is 37.2 Å². The van der Waals surface area contributed by atoms with Crippen LogP contribution in [0.4, 0.5) is 24.3 Å². The summed E-state index contributed by atoms with van der Waals surface area (Å²) in [5.74, 6) is -3.70. The summed E-state index contributed by atoms with van der Waals surface area (Å²) in [7, 11) is -5.00. The number of hydrogen-bond donors (Lipinski definition) is 2. The van der Waals surface area contributed by atoms with Crippen LogP contribution in [-0.4, -0.2) is 93.6 Å². The van der Waals surface area contributed by atoms with Crippen LogP contribution in [0, 0.1) is 0 Å². The number of alkyl halides is 2. The van der Waals surface area contributed by atoms with Crippen LogP contribution in [0.2, 0.25) is 0 Å². The van der Waals surface area contributed by atoms with E-state index in [2.05, 4.69) is 24.4 Å². The fourth-order valence-corrected chi connectivity index (χ4v) is 4.61. The average Bonchev–Trinajstić information content (AvgIpc) is 3.39. The number of nitrogen functional groups attached to an aromatic ring is 1. The van der Waals surface area contributed by atoms with E-state index in [1.54, 1.807) is 6.92 Å². The zero-order chi connectivity index (χ0) is 32.9. The number of hydrogen-bond acceptors (Lipinski definition) is 17. The van der Waals surface area contributed by atoms with Crippen molar-refractivity contribution in [3.8, 4) is 5.88 Å². The van der Waals surface area contributed by atoms with Crippen LogP contribution in [0.25, 0.3) is 11.2 Å². The summed E-state index contributed by atoms with van der Waals surface area (Å²) in [5.41, 5.74) is 2.78. The maximum absolute atomic E-state index is 16.0. The van der Waals surface area contributed by atoms with E-state index in [-0.39, 0.29) is 29.6 Å². The lowest BCUT2D eigenvalue weighted by Gasteiger charge is -2.26. The molecule has 1 saturated heterocycles. The Morgan fingerprint density at radius 1 is 1.09 bits per heavy atom. The van der Waals surface area contributed by atoms with E-state index >= 15 is 8.78 Å². The van der Waals surface area contributed by atoms with Crippen LogP contribution >= 0.6 is 7.82 Å². The molecule has 0 bridgehead atoms. The summed E-state index contributed by atoms with van der Waals surface area (Å²) >= 11 is 0. The van der Waals surface area contributed by atoms with Crippen LogP contribution in [0.15, 0.2) is 6.33 Å². The van der Waals surface area contributed by atoms with Crippen LogP contribution in [-0.2, 0) is 41.8 Å². The van der Waals surface area contributed by atoms with Gasteiger partial charge in [-0.25, -0.2) is 37.0 Å². The zero-order valence-corrected chi connectivity index (χ0v) is 25.5. The molecule has 0 radical (unpaired) electrons. The molecule has 248 valence electrons. The first-order valence-corrected chi connectivity index (χ1v) is 14.5. The zero-order valence-electron chi connectivity index (χ0n) is 24.6. The molecule has 2 aromatic heterocycles. The van der Waals surface area contributed by atoms with Gasteiger partial charge in [0.05, 0.1) is 25.1 Å². The topological polar surface area (TPSA) is 224 Å². The van der Waals surface area contributed by atoms with Gasteiger partial charge < -0.3 is 39.3 Å². The predicted molar refractivity (Wildman–Crippen MR) is 141 cm³/mol.